The van der Waals surface area contributed by atoms with Crippen molar-refractivity contribution in [2.24, 2.45) is 0 Å². The maximum absolute atomic E-state index is 14.1. The molecule has 0 spiro atoms. The number of hydrogen-bond donors (Lipinski definition) is 1. The summed E-state index contributed by atoms with van der Waals surface area (Å²) in [6.07, 6.45) is 0. The summed E-state index contributed by atoms with van der Waals surface area (Å²) >= 11 is 3.46. The van der Waals surface area contributed by atoms with Crippen molar-refractivity contribution in [2.75, 3.05) is 13.7 Å². The maximum atomic E-state index is 14.1. The van der Waals surface area contributed by atoms with E-state index in [-0.39, 0.29) is 11.9 Å². The van der Waals surface area contributed by atoms with Gasteiger partial charge in [-0.1, -0.05) is 41.1 Å². The van der Waals surface area contributed by atoms with Gasteiger partial charge in [-0.05, 0) is 30.8 Å². The molecule has 0 radical (unpaired) electrons. The highest BCUT2D eigenvalue weighted by Crippen LogP contribution is 2.33. The predicted octanol–water partition coefficient (Wildman–Crippen LogP) is 4.30. The van der Waals surface area contributed by atoms with Gasteiger partial charge in [0.15, 0.2) is 0 Å². The number of benzene rings is 2. The second-order valence-electron chi connectivity index (χ2n) is 4.40. The fourth-order valence-electron chi connectivity index (χ4n) is 2.23. The van der Waals surface area contributed by atoms with Crippen LogP contribution >= 0.6 is 15.9 Å². The Morgan fingerprint density at radius 3 is 2.60 bits per heavy atom. The highest BCUT2D eigenvalue weighted by Gasteiger charge is 2.20. The third kappa shape index (κ3) is 3.19. The highest BCUT2D eigenvalue weighted by molar-refractivity contribution is 9.10. The molecule has 0 aliphatic rings. The molecule has 106 valence electrons. The molecule has 1 unspecified atom stereocenters. The van der Waals surface area contributed by atoms with Crippen LogP contribution < -0.4 is 10.1 Å². The molecule has 0 saturated heterocycles. The Hall–Kier alpha value is -1.39. The fraction of sp³-hybridized carbons (Fsp3) is 0.250. The van der Waals surface area contributed by atoms with Crippen LogP contribution in [0.15, 0.2) is 46.9 Å². The van der Waals surface area contributed by atoms with Crippen LogP contribution in [0, 0.1) is 5.82 Å². The van der Waals surface area contributed by atoms with E-state index in [2.05, 4.69) is 21.2 Å². The van der Waals surface area contributed by atoms with E-state index < -0.39 is 0 Å². The minimum absolute atomic E-state index is 0.222. The quantitative estimate of drug-likeness (QED) is 0.878. The first-order valence-corrected chi connectivity index (χ1v) is 7.28. The van der Waals surface area contributed by atoms with Crippen LogP contribution in [0.4, 0.5) is 4.39 Å². The van der Waals surface area contributed by atoms with Gasteiger partial charge in [0.1, 0.15) is 11.6 Å². The summed E-state index contributed by atoms with van der Waals surface area (Å²) < 4.78 is 20.4. The van der Waals surface area contributed by atoms with Gasteiger partial charge in [0.05, 0.1) is 13.2 Å². The Bertz CT molecular complexity index is 588. The Labute approximate surface area is 127 Å². The van der Waals surface area contributed by atoms with Crippen molar-refractivity contribution in [3.05, 3.63) is 63.9 Å². The van der Waals surface area contributed by atoms with Crippen molar-refractivity contribution in [1.82, 2.24) is 5.32 Å². The van der Waals surface area contributed by atoms with Crippen molar-refractivity contribution in [2.45, 2.75) is 13.0 Å². The molecule has 0 bridgehead atoms. The number of nitrogens with one attached hydrogen (secondary N) is 1. The van der Waals surface area contributed by atoms with Crippen molar-refractivity contribution in [3.63, 3.8) is 0 Å². The summed E-state index contributed by atoms with van der Waals surface area (Å²) in [7, 11) is 1.62. The van der Waals surface area contributed by atoms with Crippen molar-refractivity contribution >= 4 is 15.9 Å². The van der Waals surface area contributed by atoms with E-state index in [1.165, 1.54) is 6.07 Å². The van der Waals surface area contributed by atoms with E-state index in [0.29, 0.717) is 5.56 Å². The molecule has 0 fully saturated rings. The first-order valence-electron chi connectivity index (χ1n) is 6.48. The zero-order valence-electron chi connectivity index (χ0n) is 11.5. The van der Waals surface area contributed by atoms with E-state index in [1.807, 2.05) is 31.2 Å². The molecule has 0 aromatic heterocycles. The van der Waals surface area contributed by atoms with E-state index in [1.54, 1.807) is 19.2 Å². The molecular weight excluding hydrogens is 321 g/mol. The van der Waals surface area contributed by atoms with Gasteiger partial charge in [0.25, 0.3) is 0 Å². The van der Waals surface area contributed by atoms with Gasteiger partial charge in [0.2, 0.25) is 0 Å². The standard InChI is InChI=1S/C16H17BrFNO/c1-3-19-16(12-6-4-5-7-14(12)18)13-10-11(17)8-9-15(13)20-2/h4-10,16,19H,3H2,1-2H3. The Morgan fingerprint density at radius 2 is 1.95 bits per heavy atom. The molecule has 20 heavy (non-hydrogen) atoms. The van der Waals surface area contributed by atoms with Gasteiger partial charge in [0, 0.05) is 15.6 Å². The lowest BCUT2D eigenvalue weighted by atomic mass is 9.97. The summed E-state index contributed by atoms with van der Waals surface area (Å²) in [4.78, 5) is 0. The second kappa shape index (κ2) is 6.86. The summed E-state index contributed by atoms with van der Waals surface area (Å²) in [5, 5.41) is 3.32. The lowest BCUT2D eigenvalue weighted by Gasteiger charge is -2.22. The van der Waals surface area contributed by atoms with Crippen LogP contribution in [0.3, 0.4) is 0 Å². The minimum Gasteiger partial charge on any atom is -0.496 e. The average molecular weight is 338 g/mol. The van der Waals surface area contributed by atoms with Crippen molar-refractivity contribution in [1.29, 1.82) is 0 Å². The maximum Gasteiger partial charge on any atom is 0.128 e. The summed E-state index contributed by atoms with van der Waals surface area (Å²) in [6.45, 7) is 2.73. The van der Waals surface area contributed by atoms with Crippen LogP contribution in [0.25, 0.3) is 0 Å². The third-order valence-corrected chi connectivity index (χ3v) is 3.62. The molecule has 1 N–H and O–H groups in total. The van der Waals surface area contributed by atoms with Crippen LogP contribution in [0.2, 0.25) is 0 Å². The molecule has 0 amide bonds. The van der Waals surface area contributed by atoms with Crippen LogP contribution in [0.1, 0.15) is 24.1 Å². The molecule has 2 nitrogen and oxygen atoms in total. The van der Waals surface area contributed by atoms with Gasteiger partial charge in [-0.3, -0.25) is 0 Å². The number of halogens is 2. The molecule has 2 aromatic carbocycles. The highest BCUT2D eigenvalue weighted by atomic mass is 79.9. The molecule has 4 heteroatoms. The Kier molecular flexibility index (Phi) is 5.15. The molecule has 2 aromatic rings. The largest absolute Gasteiger partial charge is 0.496 e. The Balaban J connectivity index is 2.54. The second-order valence-corrected chi connectivity index (χ2v) is 5.31. The lowest BCUT2D eigenvalue weighted by molar-refractivity contribution is 0.403. The fourth-order valence-corrected chi connectivity index (χ4v) is 2.61. The zero-order valence-corrected chi connectivity index (χ0v) is 13.1. The minimum atomic E-state index is -0.242. The molecule has 0 aliphatic carbocycles. The van der Waals surface area contributed by atoms with Crippen LogP contribution in [-0.4, -0.2) is 13.7 Å². The van der Waals surface area contributed by atoms with Crippen molar-refractivity contribution in [3.8, 4) is 5.75 Å². The monoisotopic (exact) mass is 337 g/mol. The van der Waals surface area contributed by atoms with Crippen LogP contribution in [0.5, 0.6) is 5.75 Å². The van der Waals surface area contributed by atoms with Crippen LogP contribution in [-0.2, 0) is 0 Å². The molecule has 0 aliphatic heterocycles. The third-order valence-electron chi connectivity index (χ3n) is 3.13. The van der Waals surface area contributed by atoms with Gasteiger partial charge in [-0.15, -0.1) is 0 Å². The summed E-state index contributed by atoms with van der Waals surface area (Å²) in [6, 6.07) is 12.3. The predicted molar refractivity (Wildman–Crippen MR) is 82.6 cm³/mol. The average Bonchev–Trinajstić information content (AvgIpc) is 2.46. The zero-order chi connectivity index (χ0) is 14.5. The van der Waals surface area contributed by atoms with E-state index in [9.17, 15) is 4.39 Å². The lowest BCUT2D eigenvalue weighted by Crippen LogP contribution is -2.23. The molecular formula is C16H17BrFNO. The van der Waals surface area contributed by atoms with Gasteiger partial charge in [-0.25, -0.2) is 4.39 Å². The first kappa shape index (κ1) is 15.0. The first-order chi connectivity index (χ1) is 9.67. The topological polar surface area (TPSA) is 21.3 Å². The van der Waals surface area contributed by atoms with Gasteiger partial charge < -0.3 is 10.1 Å². The number of hydrogen-bond acceptors (Lipinski definition) is 2. The van der Waals surface area contributed by atoms with Crippen molar-refractivity contribution < 1.29 is 9.13 Å². The SMILES string of the molecule is CCNC(c1ccccc1F)c1cc(Br)ccc1OC. The van der Waals surface area contributed by atoms with E-state index >= 15 is 0 Å². The van der Waals surface area contributed by atoms with Gasteiger partial charge >= 0.3 is 0 Å². The number of ether oxygens (including phenoxy) is 1. The summed E-state index contributed by atoms with van der Waals surface area (Å²) in [5.41, 5.74) is 1.53. The van der Waals surface area contributed by atoms with E-state index in [0.717, 1.165) is 22.3 Å². The Morgan fingerprint density at radius 1 is 1.20 bits per heavy atom. The molecule has 0 saturated carbocycles. The number of methoxy groups -OCH3 is 1. The van der Waals surface area contributed by atoms with Gasteiger partial charge in [-0.2, -0.15) is 0 Å². The normalized spacial score (nSPS) is 12.2. The summed E-state index contributed by atoms with van der Waals surface area (Å²) in [5.74, 6) is 0.517. The van der Waals surface area contributed by atoms with E-state index in [4.69, 9.17) is 4.74 Å². The molecule has 0 heterocycles. The molecule has 1 atom stereocenters. The smallest absolute Gasteiger partial charge is 0.128 e. The molecule has 2 rings (SSSR count). The number of rotatable bonds is 5.